The van der Waals surface area contributed by atoms with Gasteiger partial charge >= 0.3 is 0 Å². The third-order valence-electron chi connectivity index (χ3n) is 3.10. The van der Waals surface area contributed by atoms with E-state index in [0.29, 0.717) is 11.7 Å². The number of imidazole rings is 1. The topological polar surface area (TPSA) is 46.8 Å². The summed E-state index contributed by atoms with van der Waals surface area (Å²) in [6, 6.07) is 0. The molecule has 0 radical (unpaired) electrons. The van der Waals surface area contributed by atoms with Crippen LogP contribution >= 0.6 is 11.6 Å². The van der Waals surface area contributed by atoms with Gasteiger partial charge in [0, 0.05) is 26.5 Å². The summed E-state index contributed by atoms with van der Waals surface area (Å²) in [6.07, 6.45) is 3.71. The molecule has 0 unspecified atom stereocenters. The van der Waals surface area contributed by atoms with Gasteiger partial charge in [-0.1, -0.05) is 11.6 Å². The molecule has 0 aromatic carbocycles. The van der Waals surface area contributed by atoms with Crippen molar-refractivity contribution in [2.45, 2.75) is 20.4 Å². The normalized spacial score (nSPS) is 10.7. The molecule has 0 N–H and O–H groups in total. The lowest BCUT2D eigenvalue weighted by Crippen LogP contribution is -2.22. The van der Waals surface area contributed by atoms with Gasteiger partial charge in [-0.15, -0.1) is 10.2 Å². The van der Waals surface area contributed by atoms with E-state index in [-0.39, 0.29) is 0 Å². The summed E-state index contributed by atoms with van der Waals surface area (Å²) in [6.45, 7) is 4.63. The SMILES string of the molecule is Cc1c(Cl)nnc(N(C)Cc2nccn2C)c1C. The van der Waals surface area contributed by atoms with Crippen molar-refractivity contribution >= 4 is 17.4 Å². The number of hydrogen-bond donors (Lipinski definition) is 0. The number of aryl methyl sites for hydroxylation is 1. The molecule has 96 valence electrons. The monoisotopic (exact) mass is 265 g/mol. The lowest BCUT2D eigenvalue weighted by Gasteiger charge is -2.20. The van der Waals surface area contributed by atoms with Gasteiger partial charge in [-0.05, 0) is 25.0 Å². The maximum absolute atomic E-state index is 5.95. The van der Waals surface area contributed by atoms with Gasteiger partial charge in [-0.3, -0.25) is 0 Å². The van der Waals surface area contributed by atoms with Crippen molar-refractivity contribution in [3.05, 3.63) is 34.5 Å². The molecule has 5 nitrogen and oxygen atoms in total. The van der Waals surface area contributed by atoms with E-state index in [2.05, 4.69) is 15.2 Å². The van der Waals surface area contributed by atoms with E-state index < -0.39 is 0 Å². The maximum atomic E-state index is 5.95. The highest BCUT2D eigenvalue weighted by atomic mass is 35.5. The predicted molar refractivity (Wildman–Crippen MR) is 71.8 cm³/mol. The highest BCUT2D eigenvalue weighted by Crippen LogP contribution is 2.23. The minimum Gasteiger partial charge on any atom is -0.350 e. The van der Waals surface area contributed by atoms with Gasteiger partial charge in [-0.2, -0.15) is 0 Å². The van der Waals surface area contributed by atoms with Crippen LogP contribution in [0.25, 0.3) is 0 Å². The van der Waals surface area contributed by atoms with Gasteiger partial charge in [0.25, 0.3) is 0 Å². The molecule has 0 spiro atoms. The molecule has 2 aromatic heterocycles. The summed E-state index contributed by atoms with van der Waals surface area (Å²) in [7, 11) is 3.95. The van der Waals surface area contributed by atoms with Crippen LogP contribution < -0.4 is 4.90 Å². The van der Waals surface area contributed by atoms with Gasteiger partial charge in [0.05, 0.1) is 6.54 Å². The minimum atomic E-state index is 0.460. The Labute approximate surface area is 111 Å². The number of halogens is 1. The van der Waals surface area contributed by atoms with E-state index in [1.807, 2.05) is 43.6 Å². The Morgan fingerprint density at radius 1 is 1.28 bits per heavy atom. The minimum absolute atomic E-state index is 0.460. The van der Waals surface area contributed by atoms with E-state index in [4.69, 9.17) is 11.6 Å². The lowest BCUT2D eigenvalue weighted by molar-refractivity contribution is 0.746. The molecule has 0 saturated heterocycles. The molecule has 18 heavy (non-hydrogen) atoms. The summed E-state index contributed by atoms with van der Waals surface area (Å²) in [5.74, 6) is 1.81. The number of anilines is 1. The van der Waals surface area contributed by atoms with E-state index in [0.717, 1.165) is 22.8 Å². The van der Waals surface area contributed by atoms with E-state index in [1.165, 1.54) is 0 Å². The van der Waals surface area contributed by atoms with Crippen molar-refractivity contribution in [1.29, 1.82) is 0 Å². The number of aromatic nitrogens is 4. The van der Waals surface area contributed by atoms with Gasteiger partial charge in [0.2, 0.25) is 0 Å². The van der Waals surface area contributed by atoms with Gasteiger partial charge in [0.15, 0.2) is 11.0 Å². The van der Waals surface area contributed by atoms with Crippen LogP contribution in [0.4, 0.5) is 5.82 Å². The average Bonchev–Trinajstić information content (AvgIpc) is 2.72. The van der Waals surface area contributed by atoms with Crippen molar-refractivity contribution in [3.8, 4) is 0 Å². The second-order valence-corrected chi connectivity index (χ2v) is 4.73. The zero-order chi connectivity index (χ0) is 13.3. The highest BCUT2D eigenvalue weighted by molar-refractivity contribution is 6.30. The van der Waals surface area contributed by atoms with Crippen LogP contribution in [0.3, 0.4) is 0 Å². The van der Waals surface area contributed by atoms with Crippen LogP contribution in [-0.4, -0.2) is 26.8 Å². The molecule has 0 aliphatic rings. The molecule has 2 aromatic rings. The zero-order valence-electron chi connectivity index (χ0n) is 11.0. The molecule has 2 rings (SSSR count). The zero-order valence-corrected chi connectivity index (χ0v) is 11.7. The number of hydrogen-bond acceptors (Lipinski definition) is 4. The Kier molecular flexibility index (Phi) is 3.52. The Morgan fingerprint density at radius 3 is 2.61 bits per heavy atom. The van der Waals surface area contributed by atoms with E-state index >= 15 is 0 Å². The standard InChI is InChI=1S/C12H16ClN5/c1-8-9(2)12(16-15-11(8)13)18(4)7-10-14-5-6-17(10)3/h5-6H,7H2,1-4H3. The van der Waals surface area contributed by atoms with Crippen molar-refractivity contribution in [2.75, 3.05) is 11.9 Å². The maximum Gasteiger partial charge on any atom is 0.155 e. The third-order valence-corrected chi connectivity index (χ3v) is 3.46. The first-order valence-electron chi connectivity index (χ1n) is 5.67. The van der Waals surface area contributed by atoms with Crippen LogP contribution in [0.5, 0.6) is 0 Å². The molecule has 0 aliphatic heterocycles. The fourth-order valence-electron chi connectivity index (χ4n) is 1.76. The predicted octanol–water partition coefficient (Wildman–Crippen LogP) is 2.12. The lowest BCUT2D eigenvalue weighted by atomic mass is 10.2. The first kappa shape index (κ1) is 12.8. The van der Waals surface area contributed by atoms with Crippen LogP contribution in [0, 0.1) is 13.8 Å². The van der Waals surface area contributed by atoms with Crippen molar-refractivity contribution in [2.24, 2.45) is 7.05 Å². The van der Waals surface area contributed by atoms with Gasteiger partial charge in [0.1, 0.15) is 5.82 Å². The first-order valence-corrected chi connectivity index (χ1v) is 6.05. The fourth-order valence-corrected chi connectivity index (χ4v) is 1.94. The summed E-state index contributed by atoms with van der Waals surface area (Å²) in [5.41, 5.74) is 2.01. The molecule has 0 saturated carbocycles. The van der Waals surface area contributed by atoms with Gasteiger partial charge < -0.3 is 9.47 Å². The molecule has 0 bridgehead atoms. The van der Waals surface area contributed by atoms with Crippen molar-refractivity contribution in [3.63, 3.8) is 0 Å². The second kappa shape index (κ2) is 4.94. The number of nitrogens with zero attached hydrogens (tertiary/aromatic N) is 5. The van der Waals surface area contributed by atoms with Crippen molar-refractivity contribution < 1.29 is 0 Å². The largest absolute Gasteiger partial charge is 0.350 e. The Morgan fingerprint density at radius 2 is 2.00 bits per heavy atom. The quantitative estimate of drug-likeness (QED) is 0.853. The fraction of sp³-hybridized carbons (Fsp3) is 0.417. The molecule has 0 amide bonds. The first-order chi connectivity index (χ1) is 8.50. The Hall–Kier alpha value is -1.62. The van der Waals surface area contributed by atoms with E-state index in [1.54, 1.807) is 6.20 Å². The molecule has 2 heterocycles. The molecule has 6 heteroatoms. The summed E-state index contributed by atoms with van der Waals surface area (Å²) < 4.78 is 1.99. The third kappa shape index (κ3) is 2.31. The molecule has 0 aliphatic carbocycles. The second-order valence-electron chi connectivity index (χ2n) is 4.37. The molecule has 0 atom stereocenters. The number of rotatable bonds is 3. The van der Waals surface area contributed by atoms with Crippen molar-refractivity contribution in [1.82, 2.24) is 19.7 Å². The average molecular weight is 266 g/mol. The van der Waals surface area contributed by atoms with Gasteiger partial charge in [-0.25, -0.2) is 4.98 Å². The Bertz CT molecular complexity index is 564. The highest BCUT2D eigenvalue weighted by Gasteiger charge is 2.13. The molecular formula is C12H16ClN5. The van der Waals surface area contributed by atoms with Crippen LogP contribution in [0.1, 0.15) is 17.0 Å². The van der Waals surface area contributed by atoms with Crippen LogP contribution in [0.15, 0.2) is 12.4 Å². The summed E-state index contributed by atoms with van der Waals surface area (Å²) in [4.78, 5) is 6.32. The summed E-state index contributed by atoms with van der Waals surface area (Å²) >= 11 is 5.95. The van der Waals surface area contributed by atoms with Crippen LogP contribution in [-0.2, 0) is 13.6 Å². The van der Waals surface area contributed by atoms with E-state index in [9.17, 15) is 0 Å². The van der Waals surface area contributed by atoms with Crippen LogP contribution in [0.2, 0.25) is 5.15 Å². The Balaban J connectivity index is 2.27. The smallest absolute Gasteiger partial charge is 0.155 e. The molecular weight excluding hydrogens is 250 g/mol. The summed E-state index contributed by atoms with van der Waals surface area (Å²) in [5, 5.41) is 8.57. The molecule has 0 fully saturated rings.